The maximum absolute atomic E-state index is 11.8. The van der Waals surface area contributed by atoms with Crippen molar-refractivity contribution >= 4 is 52.7 Å². The summed E-state index contributed by atoms with van der Waals surface area (Å²) in [6.07, 6.45) is 1.69. The lowest BCUT2D eigenvalue weighted by atomic mass is 10.2. The largest absolute Gasteiger partial charge is 0.455 e. The van der Waals surface area contributed by atoms with Crippen LogP contribution in [0, 0.1) is 0 Å². The third-order valence-electron chi connectivity index (χ3n) is 3.27. The van der Waals surface area contributed by atoms with Crippen LogP contribution >= 0.6 is 35.0 Å². The zero-order valence-corrected chi connectivity index (χ0v) is 16.2. The van der Waals surface area contributed by atoms with Gasteiger partial charge in [-0.1, -0.05) is 29.3 Å². The second-order valence-corrected chi connectivity index (χ2v) is 7.08. The SMILES string of the molecule is Cn1cccc1C(=O)NC(=O)COC(=O)CSCc1ccc(Cl)c(Cl)c1. The quantitative estimate of drug-likeness (QED) is 0.704. The van der Waals surface area contributed by atoms with E-state index in [1.54, 1.807) is 42.1 Å². The summed E-state index contributed by atoms with van der Waals surface area (Å²) in [5.74, 6) is -1.16. The zero-order valence-electron chi connectivity index (χ0n) is 13.8. The lowest BCUT2D eigenvalue weighted by Gasteiger charge is -2.07. The van der Waals surface area contributed by atoms with Gasteiger partial charge >= 0.3 is 5.97 Å². The van der Waals surface area contributed by atoms with Gasteiger partial charge in [0.25, 0.3) is 11.8 Å². The molecule has 1 N–H and O–H groups in total. The lowest BCUT2D eigenvalue weighted by Crippen LogP contribution is -2.35. The third kappa shape index (κ3) is 6.09. The Morgan fingerprint density at radius 2 is 1.96 bits per heavy atom. The van der Waals surface area contributed by atoms with Gasteiger partial charge < -0.3 is 9.30 Å². The topological polar surface area (TPSA) is 77.4 Å². The Morgan fingerprint density at radius 3 is 2.62 bits per heavy atom. The van der Waals surface area contributed by atoms with Gasteiger partial charge in [0.05, 0.1) is 15.8 Å². The number of benzene rings is 1. The first-order valence-electron chi connectivity index (χ1n) is 7.49. The highest BCUT2D eigenvalue weighted by Gasteiger charge is 2.14. The van der Waals surface area contributed by atoms with E-state index >= 15 is 0 Å². The number of nitrogens with zero attached hydrogens (tertiary/aromatic N) is 1. The van der Waals surface area contributed by atoms with Crippen molar-refractivity contribution in [3.05, 3.63) is 57.8 Å². The Balaban J connectivity index is 1.68. The molecule has 0 radical (unpaired) electrons. The first-order chi connectivity index (χ1) is 12.4. The molecule has 1 aromatic heterocycles. The smallest absolute Gasteiger partial charge is 0.316 e. The van der Waals surface area contributed by atoms with Crippen molar-refractivity contribution in [3.8, 4) is 0 Å². The predicted molar refractivity (Wildman–Crippen MR) is 101 cm³/mol. The van der Waals surface area contributed by atoms with E-state index in [0.717, 1.165) is 5.56 Å². The highest BCUT2D eigenvalue weighted by molar-refractivity contribution is 7.99. The number of hydrogen-bond acceptors (Lipinski definition) is 5. The van der Waals surface area contributed by atoms with E-state index in [1.165, 1.54) is 11.8 Å². The Kier molecular flexibility index (Phi) is 7.56. The summed E-state index contributed by atoms with van der Waals surface area (Å²) in [6.45, 7) is -0.512. The van der Waals surface area contributed by atoms with Crippen LogP contribution in [0.2, 0.25) is 10.0 Å². The first-order valence-corrected chi connectivity index (χ1v) is 9.40. The number of aromatic nitrogens is 1. The van der Waals surface area contributed by atoms with E-state index in [0.29, 0.717) is 21.5 Å². The van der Waals surface area contributed by atoms with Crippen LogP contribution in [0.5, 0.6) is 0 Å². The number of amides is 2. The molecule has 0 aliphatic carbocycles. The molecule has 0 fully saturated rings. The van der Waals surface area contributed by atoms with Crippen molar-refractivity contribution in [3.63, 3.8) is 0 Å². The van der Waals surface area contributed by atoms with E-state index in [4.69, 9.17) is 27.9 Å². The van der Waals surface area contributed by atoms with Crippen LogP contribution < -0.4 is 5.32 Å². The predicted octanol–water partition coefficient (Wildman–Crippen LogP) is 3.06. The fourth-order valence-corrected chi connectivity index (χ4v) is 3.08. The average Bonchev–Trinajstić information content (AvgIpc) is 3.02. The normalized spacial score (nSPS) is 10.4. The molecule has 2 aromatic rings. The maximum Gasteiger partial charge on any atom is 0.316 e. The number of aryl methyl sites for hydroxylation is 1. The molecule has 0 bridgehead atoms. The van der Waals surface area contributed by atoms with Crippen LogP contribution in [-0.2, 0) is 27.1 Å². The number of esters is 1. The van der Waals surface area contributed by atoms with Gasteiger partial charge in [-0.05, 0) is 29.8 Å². The second kappa shape index (κ2) is 9.66. The summed E-state index contributed by atoms with van der Waals surface area (Å²) in [5.41, 5.74) is 1.25. The molecule has 138 valence electrons. The van der Waals surface area contributed by atoms with Crippen molar-refractivity contribution < 1.29 is 19.1 Å². The van der Waals surface area contributed by atoms with Gasteiger partial charge in [-0.25, -0.2) is 0 Å². The molecule has 0 saturated carbocycles. The molecular formula is C17H16Cl2N2O4S. The molecule has 0 saturated heterocycles. The van der Waals surface area contributed by atoms with Gasteiger partial charge in [-0.2, -0.15) is 0 Å². The molecule has 2 amide bonds. The highest BCUT2D eigenvalue weighted by atomic mass is 35.5. The van der Waals surface area contributed by atoms with Crippen LogP contribution in [0.25, 0.3) is 0 Å². The zero-order chi connectivity index (χ0) is 19.1. The number of rotatable bonds is 7. The fourth-order valence-electron chi connectivity index (χ4n) is 1.99. The van der Waals surface area contributed by atoms with Gasteiger partial charge in [0.15, 0.2) is 6.61 Å². The first kappa shape index (κ1) is 20.4. The van der Waals surface area contributed by atoms with E-state index in [2.05, 4.69) is 5.32 Å². The van der Waals surface area contributed by atoms with Crippen LogP contribution in [0.15, 0.2) is 36.5 Å². The van der Waals surface area contributed by atoms with E-state index in [1.807, 2.05) is 6.07 Å². The minimum atomic E-state index is -0.681. The van der Waals surface area contributed by atoms with Gasteiger partial charge in [0.1, 0.15) is 5.69 Å². The summed E-state index contributed by atoms with van der Waals surface area (Å²) in [7, 11) is 1.69. The van der Waals surface area contributed by atoms with Gasteiger partial charge in [-0.3, -0.25) is 19.7 Å². The molecule has 26 heavy (non-hydrogen) atoms. The summed E-state index contributed by atoms with van der Waals surface area (Å²) >= 11 is 13.1. The highest BCUT2D eigenvalue weighted by Crippen LogP contribution is 2.24. The van der Waals surface area contributed by atoms with Crippen LogP contribution in [0.3, 0.4) is 0 Å². The Morgan fingerprint density at radius 1 is 1.19 bits per heavy atom. The van der Waals surface area contributed by atoms with E-state index < -0.39 is 24.4 Å². The van der Waals surface area contributed by atoms with Crippen LogP contribution in [-0.4, -0.2) is 34.7 Å². The number of hydrogen-bond donors (Lipinski definition) is 1. The lowest BCUT2D eigenvalue weighted by molar-refractivity contribution is -0.145. The van der Waals surface area contributed by atoms with E-state index in [-0.39, 0.29) is 5.75 Å². The Bertz CT molecular complexity index is 823. The Labute approximate surface area is 164 Å². The number of thioether (sulfide) groups is 1. The molecule has 0 aliphatic rings. The van der Waals surface area contributed by atoms with Crippen molar-refractivity contribution in [1.29, 1.82) is 0 Å². The van der Waals surface area contributed by atoms with Crippen LogP contribution in [0.4, 0.5) is 0 Å². The van der Waals surface area contributed by atoms with Crippen LogP contribution in [0.1, 0.15) is 16.1 Å². The number of halogens is 2. The minimum Gasteiger partial charge on any atom is -0.455 e. The molecule has 0 atom stereocenters. The molecule has 2 rings (SSSR count). The van der Waals surface area contributed by atoms with Gasteiger partial charge in [0.2, 0.25) is 0 Å². The summed E-state index contributed by atoms with van der Waals surface area (Å²) in [4.78, 5) is 35.2. The molecule has 6 nitrogen and oxygen atoms in total. The molecule has 9 heteroatoms. The van der Waals surface area contributed by atoms with E-state index in [9.17, 15) is 14.4 Å². The van der Waals surface area contributed by atoms with Crippen molar-refractivity contribution in [2.24, 2.45) is 7.05 Å². The molecule has 0 spiro atoms. The fraction of sp³-hybridized carbons (Fsp3) is 0.235. The molecule has 0 unspecified atom stereocenters. The summed E-state index contributed by atoms with van der Waals surface area (Å²) in [6, 6.07) is 8.49. The third-order valence-corrected chi connectivity index (χ3v) is 4.98. The summed E-state index contributed by atoms with van der Waals surface area (Å²) < 4.78 is 6.43. The number of carbonyl (C=O) groups is 3. The molecule has 1 heterocycles. The molecular weight excluding hydrogens is 399 g/mol. The summed E-state index contributed by atoms with van der Waals surface area (Å²) in [5, 5.41) is 3.08. The molecule has 1 aromatic carbocycles. The average molecular weight is 415 g/mol. The number of ether oxygens (including phenoxy) is 1. The van der Waals surface area contributed by atoms with Crippen molar-refractivity contribution in [2.75, 3.05) is 12.4 Å². The minimum absolute atomic E-state index is 0.0687. The monoisotopic (exact) mass is 414 g/mol. The molecule has 0 aliphatic heterocycles. The number of nitrogens with one attached hydrogen (secondary N) is 1. The van der Waals surface area contributed by atoms with Gasteiger partial charge in [-0.15, -0.1) is 11.8 Å². The number of imide groups is 1. The Hall–Kier alpha value is -1.96. The standard InChI is InChI=1S/C17H16Cl2N2O4S/c1-21-6-2-3-14(21)17(24)20-15(22)8-25-16(23)10-26-9-11-4-5-12(18)13(19)7-11/h2-7H,8-10H2,1H3,(H,20,22,24). The van der Waals surface area contributed by atoms with Gasteiger partial charge in [0, 0.05) is 19.0 Å². The van der Waals surface area contributed by atoms with Crippen molar-refractivity contribution in [1.82, 2.24) is 9.88 Å². The second-order valence-electron chi connectivity index (χ2n) is 5.28. The van der Waals surface area contributed by atoms with Crippen molar-refractivity contribution in [2.45, 2.75) is 5.75 Å². The number of carbonyl (C=O) groups excluding carboxylic acids is 3. The maximum atomic E-state index is 11.8.